The van der Waals surface area contributed by atoms with E-state index in [1.165, 1.54) is 0 Å². The molecule has 12 N–H and O–H groups in total. The van der Waals surface area contributed by atoms with Gasteiger partial charge in [-0.15, -0.1) is 0 Å². The van der Waals surface area contributed by atoms with Crippen LogP contribution in [-0.2, 0) is 33.6 Å². The van der Waals surface area contributed by atoms with Crippen molar-refractivity contribution in [3.8, 4) is 0 Å². The molecule has 0 saturated carbocycles. The van der Waals surface area contributed by atoms with E-state index in [2.05, 4.69) is 20.9 Å². The Hall–Kier alpha value is -4.48. The molecule has 0 heterocycles. The van der Waals surface area contributed by atoms with E-state index in [-0.39, 0.29) is 37.7 Å². The van der Waals surface area contributed by atoms with Gasteiger partial charge in [-0.3, -0.25) is 33.8 Å². The average molecular weight is 590 g/mol. The number of carbonyl (C=O) groups is 7. The van der Waals surface area contributed by atoms with Crippen molar-refractivity contribution in [2.24, 2.45) is 22.4 Å². The van der Waals surface area contributed by atoms with Gasteiger partial charge in [-0.1, -0.05) is 13.8 Å². The number of nitrogens with zero attached hydrogens (tertiary/aromatic N) is 1. The summed E-state index contributed by atoms with van der Waals surface area (Å²) in [5.74, 6) is -8.46. The van der Waals surface area contributed by atoms with Crippen molar-refractivity contribution < 1.29 is 54.0 Å². The van der Waals surface area contributed by atoms with Crippen molar-refractivity contribution in [1.29, 1.82) is 0 Å². The molecule has 4 atom stereocenters. The molecule has 18 nitrogen and oxygen atoms in total. The van der Waals surface area contributed by atoms with Crippen LogP contribution in [0.1, 0.15) is 52.4 Å². The number of aliphatic carboxylic acids is 3. The second kappa shape index (κ2) is 18.7. The number of guanidine groups is 1. The summed E-state index contributed by atoms with van der Waals surface area (Å²) in [7, 11) is 0. The fraction of sp³-hybridized carbons (Fsp3) is 0.652. The van der Waals surface area contributed by atoms with E-state index in [9.17, 15) is 38.7 Å². The summed E-state index contributed by atoms with van der Waals surface area (Å²) in [4.78, 5) is 87.9. The molecule has 0 aromatic carbocycles. The number of nitrogens with two attached hydrogens (primary N) is 2. The molecule has 0 spiro atoms. The smallest absolute Gasteiger partial charge is 0.328 e. The number of amides is 4. The third-order valence-electron chi connectivity index (χ3n) is 5.31. The maximum atomic E-state index is 13.1. The van der Waals surface area contributed by atoms with Crippen molar-refractivity contribution in [1.82, 2.24) is 21.3 Å². The van der Waals surface area contributed by atoms with E-state index in [0.29, 0.717) is 0 Å². The molecule has 0 unspecified atom stereocenters. The minimum Gasteiger partial charge on any atom is -0.481 e. The van der Waals surface area contributed by atoms with Gasteiger partial charge in [0.05, 0.1) is 19.4 Å². The van der Waals surface area contributed by atoms with Gasteiger partial charge in [0.1, 0.15) is 24.2 Å². The Kier molecular flexibility index (Phi) is 16.7. The van der Waals surface area contributed by atoms with Crippen LogP contribution in [0.5, 0.6) is 0 Å². The van der Waals surface area contributed by atoms with E-state index in [1.54, 1.807) is 13.8 Å². The molecule has 0 fully saturated rings. The number of carboxylic acid groups (broad SMARTS) is 3. The maximum absolute atomic E-state index is 13.1. The van der Waals surface area contributed by atoms with Crippen LogP contribution in [0.3, 0.4) is 0 Å². The lowest BCUT2D eigenvalue weighted by Crippen LogP contribution is -2.58. The van der Waals surface area contributed by atoms with E-state index in [4.69, 9.17) is 26.8 Å². The van der Waals surface area contributed by atoms with Crippen molar-refractivity contribution in [2.75, 3.05) is 13.2 Å². The van der Waals surface area contributed by atoms with Crippen LogP contribution in [0, 0.1) is 5.92 Å². The van der Waals surface area contributed by atoms with Gasteiger partial charge >= 0.3 is 17.9 Å². The Labute approximate surface area is 235 Å². The fourth-order valence-corrected chi connectivity index (χ4v) is 3.35. The molecule has 0 aliphatic rings. The predicted octanol–water partition coefficient (Wildman–Crippen LogP) is -3.56. The minimum atomic E-state index is -1.76. The van der Waals surface area contributed by atoms with E-state index in [0.717, 1.165) is 0 Å². The van der Waals surface area contributed by atoms with E-state index >= 15 is 0 Å². The second-order valence-corrected chi connectivity index (χ2v) is 9.39. The number of carbonyl (C=O) groups excluding carboxylic acids is 4. The van der Waals surface area contributed by atoms with Gasteiger partial charge in [0.15, 0.2) is 5.96 Å². The Balaban J connectivity index is 5.82. The first-order valence-electron chi connectivity index (χ1n) is 12.6. The molecule has 0 radical (unpaired) electrons. The SMILES string of the molecule is CC(C)C[C@H](NC(=O)[C@H](CCCN=C(N)N)NC(=O)CCC(=O)O)C(=O)N[C@@H](CC(=O)O)C(=O)N[C@@H](CO)C(=O)O. The zero-order valence-corrected chi connectivity index (χ0v) is 22.8. The minimum absolute atomic E-state index is 0.000770. The monoisotopic (exact) mass is 589 g/mol. The van der Waals surface area contributed by atoms with Crippen LogP contribution in [0.15, 0.2) is 4.99 Å². The average Bonchev–Trinajstić information content (AvgIpc) is 2.85. The number of rotatable bonds is 20. The highest BCUT2D eigenvalue weighted by molar-refractivity contribution is 5.96. The Morgan fingerprint density at radius 2 is 1.27 bits per heavy atom. The molecule has 0 aliphatic heterocycles. The summed E-state index contributed by atoms with van der Waals surface area (Å²) >= 11 is 0. The van der Waals surface area contributed by atoms with Crippen molar-refractivity contribution in [3.63, 3.8) is 0 Å². The molecule has 0 aromatic heterocycles. The lowest BCUT2D eigenvalue weighted by Gasteiger charge is -2.26. The van der Waals surface area contributed by atoms with E-state index < -0.39 is 91.6 Å². The lowest BCUT2D eigenvalue weighted by molar-refractivity contribution is -0.144. The number of aliphatic imine (C=N–C) groups is 1. The van der Waals surface area contributed by atoms with Gasteiger partial charge < -0.3 is 53.2 Å². The summed E-state index contributed by atoms with van der Waals surface area (Å²) < 4.78 is 0. The normalized spacial score (nSPS) is 13.6. The number of aliphatic hydroxyl groups is 1. The molecule has 0 bridgehead atoms. The molecule has 18 heteroatoms. The molecule has 0 aromatic rings. The van der Waals surface area contributed by atoms with Crippen LogP contribution in [-0.4, -0.2) is 105 Å². The quantitative estimate of drug-likeness (QED) is 0.0374. The summed E-state index contributed by atoms with van der Waals surface area (Å²) in [6.07, 6.45) is -1.61. The van der Waals surface area contributed by atoms with Crippen molar-refractivity contribution in [3.05, 3.63) is 0 Å². The van der Waals surface area contributed by atoms with Crippen LogP contribution >= 0.6 is 0 Å². The molecule has 0 rings (SSSR count). The van der Waals surface area contributed by atoms with Gasteiger partial charge in [-0.2, -0.15) is 0 Å². The van der Waals surface area contributed by atoms with Crippen LogP contribution < -0.4 is 32.7 Å². The summed E-state index contributed by atoms with van der Waals surface area (Å²) in [6, 6.07) is -6.07. The molecule has 0 aliphatic carbocycles. The lowest BCUT2D eigenvalue weighted by atomic mass is 10.0. The molecule has 0 saturated heterocycles. The summed E-state index contributed by atoms with van der Waals surface area (Å²) in [5.41, 5.74) is 10.6. The number of aliphatic hydroxyl groups excluding tert-OH is 1. The first-order valence-corrected chi connectivity index (χ1v) is 12.6. The first-order chi connectivity index (χ1) is 19.1. The number of hydrogen-bond acceptors (Lipinski definition) is 9. The highest BCUT2D eigenvalue weighted by atomic mass is 16.4. The highest BCUT2D eigenvalue weighted by Gasteiger charge is 2.32. The number of nitrogens with one attached hydrogen (secondary N) is 4. The Morgan fingerprint density at radius 1 is 0.732 bits per heavy atom. The third kappa shape index (κ3) is 16.3. The maximum Gasteiger partial charge on any atom is 0.328 e. The summed E-state index contributed by atoms with van der Waals surface area (Å²) in [5, 5.41) is 45.1. The third-order valence-corrected chi connectivity index (χ3v) is 5.31. The largest absolute Gasteiger partial charge is 0.481 e. The Morgan fingerprint density at radius 3 is 1.76 bits per heavy atom. The van der Waals surface area contributed by atoms with Crippen LogP contribution in [0.4, 0.5) is 0 Å². The second-order valence-electron chi connectivity index (χ2n) is 9.39. The zero-order valence-electron chi connectivity index (χ0n) is 22.8. The first kappa shape index (κ1) is 36.5. The highest BCUT2D eigenvalue weighted by Crippen LogP contribution is 2.09. The molecular weight excluding hydrogens is 550 g/mol. The van der Waals surface area contributed by atoms with Crippen LogP contribution in [0.25, 0.3) is 0 Å². The van der Waals surface area contributed by atoms with Gasteiger partial charge in [0, 0.05) is 13.0 Å². The molecule has 4 amide bonds. The molecule has 41 heavy (non-hydrogen) atoms. The zero-order chi connectivity index (χ0) is 31.7. The predicted molar refractivity (Wildman–Crippen MR) is 141 cm³/mol. The molecule has 232 valence electrons. The van der Waals surface area contributed by atoms with Crippen molar-refractivity contribution in [2.45, 2.75) is 76.5 Å². The standard InChI is InChI=1S/C23H39N7O11/c1-11(2)8-13(20(38)29-14(9-18(35)36)21(39)30-15(10-31)22(40)41)28-19(37)12(4-3-7-26-23(24)25)27-16(32)5-6-17(33)34/h11-15,31H,3-10H2,1-2H3,(H,27,32)(H,28,37)(H,29,38)(H,30,39)(H,33,34)(H,35,36)(H,40,41)(H4,24,25,26)/t12-,13-,14-,15-/m0/s1. The van der Waals surface area contributed by atoms with Crippen LogP contribution in [0.2, 0.25) is 0 Å². The van der Waals surface area contributed by atoms with Gasteiger partial charge in [0.2, 0.25) is 23.6 Å². The van der Waals surface area contributed by atoms with Gasteiger partial charge in [-0.25, -0.2) is 4.79 Å². The van der Waals surface area contributed by atoms with E-state index in [1.807, 2.05) is 5.32 Å². The fourth-order valence-electron chi connectivity index (χ4n) is 3.35. The number of carboxylic acids is 3. The number of hydrogen-bond donors (Lipinski definition) is 10. The molecular formula is C23H39N7O11. The Bertz CT molecular complexity index is 983. The van der Waals surface area contributed by atoms with Gasteiger partial charge in [0.25, 0.3) is 0 Å². The summed E-state index contributed by atoms with van der Waals surface area (Å²) in [6.45, 7) is 2.54. The van der Waals surface area contributed by atoms with Crippen molar-refractivity contribution >= 4 is 47.5 Å². The topological polar surface area (TPSA) is 313 Å². The van der Waals surface area contributed by atoms with Gasteiger partial charge in [-0.05, 0) is 25.2 Å².